The second-order valence-electron chi connectivity index (χ2n) is 37.5. The fraction of sp³-hybridized carbons (Fsp3) is 0.650. The highest BCUT2D eigenvalue weighted by atomic mass is 79.9. The quantitative estimate of drug-likeness (QED) is 0.0170. The number of carbonyl (C=O) groups excluding carboxylic acids is 8. The van der Waals surface area contributed by atoms with Gasteiger partial charge in [0.05, 0.1) is 46.2 Å². The lowest BCUT2D eigenvalue weighted by atomic mass is 9.72. The molecule has 7 aliphatic rings. The highest BCUT2D eigenvalue weighted by Gasteiger charge is 2.33. The summed E-state index contributed by atoms with van der Waals surface area (Å²) in [4.78, 5) is 98.6. The lowest BCUT2D eigenvalue weighted by Crippen LogP contribution is -2.21. The zero-order valence-corrected chi connectivity index (χ0v) is 83.7. The third kappa shape index (κ3) is 48.4. The Kier molecular flexibility index (Phi) is 55.5. The maximum atomic E-state index is 12.3. The summed E-state index contributed by atoms with van der Waals surface area (Å²) < 4.78 is 30.7. The van der Waals surface area contributed by atoms with Gasteiger partial charge in [-0.2, -0.15) is 0 Å². The van der Waals surface area contributed by atoms with Gasteiger partial charge in [0, 0.05) is 6.08 Å². The SMILES string of the molecule is CC(=O)/C=C/C1=C(C)CCCC1(C)C.CC(=O)/C=C/C1=C(C)CCCC1(C)C.CC(=O)CP(C)(C)=O.CC1=C(/C=C/C(=O)CC(=O)/C=C/C2=C(C)CCCC2(C)C)C(C)(C)CCC1.CC1=C(/C=C/C(=O)Cl)C(C)(C)CCC1.CC1=C(/C=C/C(=O)O)C(C)(C)CCC1.CC1=C(C=O)C(C)(C)CCC1.CCOC(=O)CBr.CCOP(OCC)OCC. The van der Waals surface area contributed by atoms with Crippen LogP contribution in [0.4, 0.5) is 0 Å². The van der Waals surface area contributed by atoms with E-state index in [2.05, 4.69) is 166 Å². The molecule has 0 heterocycles. The van der Waals surface area contributed by atoms with Gasteiger partial charge in [-0.15, -0.1) is 0 Å². The number of esters is 1. The molecule has 119 heavy (non-hydrogen) atoms. The van der Waals surface area contributed by atoms with Crippen molar-refractivity contribution in [3.63, 3.8) is 0 Å². The lowest BCUT2D eigenvalue weighted by Gasteiger charge is -2.32. The standard InChI is InChI=1S/C25H36O2.2C13H20O.C12H17ClO.C12H18O2.C10H16O.C6H15O3P.C5H11O2P.C4H7BrO2/c1-18-9-7-15-24(3,4)22(18)13-11-20(26)17-21(27)12-14-23-19(2)10-8-16-25(23,5)6;2*1-10-6-5-9-13(3,4)12(10)8-7-11(2)14;2*1-9-5-4-8-12(2,3)10(9)6-7-11(13)14;1-8-5-4-6-10(2,3)9(8)7-11;1-4-7-10(8-5-2)9-6-3;1-5(6)4-8(2,3)7;1-2-7-4(6)3-5/h11-14H,7-10,15-17H2,1-6H3;2*7-8H,5-6,9H2,1-4H3;6-7H,4-5,8H2,1-3H3;6-7H,4-5,8H2,1-3H3,(H,13,14);7H,4-6H2,1-3H3;4-6H2,1-3H3;4H2,1-3H3;2-3H2,1H3/b13-11+,14-12+;2*8-7+;2*7-6+;;;;. The number of rotatable bonds is 25. The first-order chi connectivity index (χ1) is 54.9. The smallest absolute Gasteiger partial charge is 0.332 e. The van der Waals surface area contributed by atoms with Crippen LogP contribution in [-0.4, -0.2) is 109 Å². The number of hydrogen-bond acceptors (Lipinski definition) is 14. The molecule has 15 nitrogen and oxygen atoms in total. The van der Waals surface area contributed by atoms with Gasteiger partial charge in [0.25, 0.3) is 0 Å². The van der Waals surface area contributed by atoms with Crippen molar-refractivity contribution >= 4 is 95.7 Å². The van der Waals surface area contributed by atoms with E-state index in [0.717, 1.165) is 69.6 Å². The molecule has 7 aliphatic carbocycles. The molecule has 0 aliphatic heterocycles. The number of ketones is 5. The Bertz CT molecular complexity index is 3510. The third-order valence-corrected chi connectivity index (χ3v) is 25.8. The van der Waals surface area contributed by atoms with Crippen molar-refractivity contribution in [2.45, 2.75) is 335 Å². The van der Waals surface area contributed by atoms with E-state index in [1.807, 2.05) is 51.2 Å². The molecule has 0 unspecified atom stereocenters. The first kappa shape index (κ1) is 116. The largest absolute Gasteiger partial charge is 0.478 e. The van der Waals surface area contributed by atoms with E-state index in [-0.39, 0.29) is 85.4 Å². The molecule has 0 saturated carbocycles. The number of aldehydes is 1. The lowest BCUT2D eigenvalue weighted by molar-refractivity contribution is -0.140. The van der Waals surface area contributed by atoms with Crippen LogP contribution in [0.5, 0.6) is 0 Å². The maximum Gasteiger partial charge on any atom is 0.332 e. The predicted molar refractivity (Wildman–Crippen MR) is 505 cm³/mol. The number of carboxylic acid groups (broad SMARTS) is 1. The minimum Gasteiger partial charge on any atom is -0.478 e. The summed E-state index contributed by atoms with van der Waals surface area (Å²) in [6.07, 6.45) is 46.8. The summed E-state index contributed by atoms with van der Waals surface area (Å²) in [5.74, 6) is -1.02. The van der Waals surface area contributed by atoms with Gasteiger partial charge in [-0.3, -0.25) is 38.4 Å². The van der Waals surface area contributed by atoms with E-state index >= 15 is 0 Å². The van der Waals surface area contributed by atoms with Gasteiger partial charge in [0.1, 0.15) is 17.4 Å². The molecule has 0 aromatic carbocycles. The van der Waals surface area contributed by atoms with Crippen molar-refractivity contribution in [2.75, 3.05) is 51.2 Å². The molecule has 0 bridgehead atoms. The Morgan fingerprint density at radius 3 is 0.798 bits per heavy atom. The van der Waals surface area contributed by atoms with Crippen LogP contribution in [0.15, 0.2) is 151 Å². The number of carboxylic acids is 1. The predicted octanol–water partition coefficient (Wildman–Crippen LogP) is 28.2. The number of halogens is 2. The normalized spacial score (nSPS) is 19.7. The average molecular weight is 1780 g/mol. The molecule has 7 rings (SSSR count). The van der Waals surface area contributed by atoms with Crippen LogP contribution in [0.2, 0.25) is 0 Å². The number of ether oxygens (including phenoxy) is 1. The molecule has 0 fully saturated rings. The van der Waals surface area contributed by atoms with E-state index in [9.17, 15) is 47.7 Å². The molecular weight excluding hydrogens is 1620 g/mol. The van der Waals surface area contributed by atoms with Crippen LogP contribution >= 0.6 is 43.3 Å². The Hall–Kier alpha value is -5.44. The van der Waals surface area contributed by atoms with Gasteiger partial charge in [0.15, 0.2) is 23.1 Å². The minimum absolute atomic E-state index is 0.0123. The van der Waals surface area contributed by atoms with Crippen LogP contribution in [-0.2, 0) is 66.0 Å². The van der Waals surface area contributed by atoms with E-state index in [0.29, 0.717) is 31.8 Å². The number of alkyl halides is 1. The van der Waals surface area contributed by atoms with E-state index in [4.69, 9.17) is 30.3 Å². The molecule has 0 atom stereocenters. The molecular formula is C100H160BrClO15P2. The van der Waals surface area contributed by atoms with Crippen molar-refractivity contribution in [1.82, 2.24) is 0 Å². The molecule has 0 aromatic heterocycles. The average Bonchev–Trinajstić information content (AvgIpc) is 0.847. The number of allylic oxidation sites excluding steroid dienone is 25. The zero-order chi connectivity index (χ0) is 92.1. The molecule has 0 amide bonds. The number of aliphatic carboxylic acids is 1. The summed E-state index contributed by atoms with van der Waals surface area (Å²) in [6.45, 7) is 63.9. The Balaban J connectivity index is 0. The molecule has 0 aromatic rings. The highest BCUT2D eigenvalue weighted by Crippen LogP contribution is 2.47. The third-order valence-electron chi connectivity index (χ3n) is 22.6. The van der Waals surface area contributed by atoms with Gasteiger partial charge in [-0.1, -0.05) is 188 Å². The van der Waals surface area contributed by atoms with Crippen molar-refractivity contribution in [3.8, 4) is 0 Å². The summed E-state index contributed by atoms with van der Waals surface area (Å²) in [5, 5.41) is 8.49. The first-order valence-corrected chi connectivity index (χ1v) is 48.7. The summed E-state index contributed by atoms with van der Waals surface area (Å²) in [7, 11) is -3.13. The Labute approximate surface area is 737 Å². The minimum atomic E-state index is -2.07. The van der Waals surface area contributed by atoms with Crippen LogP contribution in [0.3, 0.4) is 0 Å². The van der Waals surface area contributed by atoms with Crippen LogP contribution in [0.1, 0.15) is 335 Å². The molecule has 1 N–H and O–H groups in total. The molecule has 19 heteroatoms. The maximum absolute atomic E-state index is 12.3. The second kappa shape index (κ2) is 57.2. The Morgan fingerprint density at radius 1 is 0.403 bits per heavy atom. The Morgan fingerprint density at radius 2 is 0.639 bits per heavy atom. The van der Waals surface area contributed by atoms with Gasteiger partial charge in [-0.25, -0.2) is 4.79 Å². The van der Waals surface area contributed by atoms with Crippen LogP contribution < -0.4 is 0 Å². The second-order valence-corrected chi connectivity index (χ2v) is 43.1. The first-order valence-electron chi connectivity index (χ1n) is 43.3. The van der Waals surface area contributed by atoms with E-state index in [1.165, 1.54) is 169 Å². The van der Waals surface area contributed by atoms with Crippen molar-refractivity contribution in [1.29, 1.82) is 0 Å². The molecule has 0 saturated heterocycles. The fourth-order valence-corrected chi connectivity index (χ4v) is 18.6. The topological polar surface area (TPSA) is 228 Å². The van der Waals surface area contributed by atoms with E-state index < -0.39 is 27.0 Å². The van der Waals surface area contributed by atoms with Gasteiger partial charge < -0.3 is 28.0 Å². The van der Waals surface area contributed by atoms with Crippen molar-refractivity contribution in [3.05, 3.63) is 151 Å². The molecule has 0 spiro atoms. The van der Waals surface area contributed by atoms with Crippen LogP contribution in [0.25, 0.3) is 0 Å². The monoisotopic (exact) mass is 1780 g/mol. The van der Waals surface area contributed by atoms with Gasteiger partial charge >= 0.3 is 20.5 Å². The number of Topliss-reactive ketones (excluding diaryl/α,β-unsaturated/α-hetero) is 1. The highest BCUT2D eigenvalue weighted by molar-refractivity contribution is 9.09. The molecule has 0 radical (unpaired) electrons. The van der Waals surface area contributed by atoms with Crippen molar-refractivity contribution < 1.29 is 71.1 Å². The summed E-state index contributed by atoms with van der Waals surface area (Å²) in [6, 6.07) is 0. The number of hydrogen-bond donors (Lipinski definition) is 1. The van der Waals surface area contributed by atoms with Gasteiger partial charge in [-0.05, 0) is 364 Å². The molecule has 674 valence electrons. The van der Waals surface area contributed by atoms with Crippen molar-refractivity contribution in [2.24, 2.45) is 37.9 Å². The summed E-state index contributed by atoms with van der Waals surface area (Å²) >= 11 is 8.23. The number of carbonyl (C=O) groups is 9. The van der Waals surface area contributed by atoms with Gasteiger partial charge in [0.2, 0.25) is 5.24 Å². The zero-order valence-electron chi connectivity index (χ0n) is 79.6. The fourth-order valence-electron chi connectivity index (χ4n) is 16.5. The van der Waals surface area contributed by atoms with E-state index in [1.54, 1.807) is 64.5 Å². The van der Waals surface area contributed by atoms with Crippen LogP contribution in [0, 0.1) is 37.9 Å². The summed E-state index contributed by atoms with van der Waals surface area (Å²) in [5.41, 5.74) is 19.5.